The van der Waals surface area contributed by atoms with Crippen molar-refractivity contribution >= 4 is 51.9 Å². The van der Waals surface area contributed by atoms with E-state index in [-0.39, 0.29) is 5.76 Å². The third-order valence-electron chi connectivity index (χ3n) is 5.20. The molecule has 146 valence electrons. The first-order chi connectivity index (χ1) is 14.0. The molecule has 0 bridgehead atoms. The van der Waals surface area contributed by atoms with E-state index < -0.39 is 6.04 Å². The van der Waals surface area contributed by atoms with Gasteiger partial charge in [0.15, 0.2) is 11.6 Å². The summed E-state index contributed by atoms with van der Waals surface area (Å²) in [7, 11) is 0. The van der Waals surface area contributed by atoms with Gasteiger partial charge < -0.3 is 20.2 Å². The molecule has 4 nitrogen and oxygen atoms in total. The summed E-state index contributed by atoms with van der Waals surface area (Å²) in [6, 6.07) is 20.3. The SMILES string of the molecule is OC1=C2Nc3ccccc3N2CN(c2cc(Cl)cc(Cl)c2)[C@@H]1c1ccccc1Cl. The van der Waals surface area contributed by atoms with Crippen LogP contribution in [-0.2, 0) is 0 Å². The van der Waals surface area contributed by atoms with Gasteiger partial charge in [-0.3, -0.25) is 0 Å². The van der Waals surface area contributed by atoms with E-state index in [2.05, 4.69) is 5.32 Å². The third kappa shape index (κ3) is 3.08. The molecule has 2 heterocycles. The molecular formula is C22H16Cl3N3O. The van der Waals surface area contributed by atoms with E-state index in [9.17, 15) is 5.11 Å². The van der Waals surface area contributed by atoms with Crippen LogP contribution < -0.4 is 15.1 Å². The zero-order chi connectivity index (χ0) is 20.1. The van der Waals surface area contributed by atoms with Crippen molar-refractivity contribution in [1.82, 2.24) is 0 Å². The highest BCUT2D eigenvalue weighted by atomic mass is 35.5. The summed E-state index contributed by atoms with van der Waals surface area (Å²) in [6.45, 7) is 0.482. The minimum Gasteiger partial charge on any atom is -0.506 e. The average molecular weight is 445 g/mol. The summed E-state index contributed by atoms with van der Waals surface area (Å²) in [5.41, 5.74) is 3.53. The van der Waals surface area contributed by atoms with E-state index in [4.69, 9.17) is 34.8 Å². The van der Waals surface area contributed by atoms with Crippen molar-refractivity contribution in [3.05, 3.63) is 98.9 Å². The van der Waals surface area contributed by atoms with Crippen LogP contribution in [-0.4, -0.2) is 11.8 Å². The lowest BCUT2D eigenvalue weighted by Crippen LogP contribution is -2.46. The monoisotopic (exact) mass is 443 g/mol. The number of hydrogen-bond donors (Lipinski definition) is 2. The lowest BCUT2D eigenvalue weighted by molar-refractivity contribution is 0.342. The molecule has 5 rings (SSSR count). The van der Waals surface area contributed by atoms with Crippen LogP contribution in [0.1, 0.15) is 11.6 Å². The molecule has 29 heavy (non-hydrogen) atoms. The number of hydrogen-bond acceptors (Lipinski definition) is 4. The smallest absolute Gasteiger partial charge is 0.160 e. The maximum atomic E-state index is 11.4. The van der Waals surface area contributed by atoms with Crippen molar-refractivity contribution in [2.24, 2.45) is 0 Å². The highest BCUT2D eigenvalue weighted by Crippen LogP contribution is 2.46. The van der Waals surface area contributed by atoms with Gasteiger partial charge in [-0.1, -0.05) is 65.1 Å². The van der Waals surface area contributed by atoms with Crippen LogP contribution >= 0.6 is 34.8 Å². The Bertz CT molecular complexity index is 1130. The van der Waals surface area contributed by atoms with Crippen molar-refractivity contribution < 1.29 is 5.11 Å². The molecule has 2 aliphatic heterocycles. The first-order valence-electron chi connectivity index (χ1n) is 9.07. The van der Waals surface area contributed by atoms with Gasteiger partial charge in [-0.2, -0.15) is 0 Å². The van der Waals surface area contributed by atoms with Gasteiger partial charge in [0, 0.05) is 26.3 Å². The van der Waals surface area contributed by atoms with Crippen molar-refractivity contribution in [1.29, 1.82) is 0 Å². The molecule has 0 saturated heterocycles. The summed E-state index contributed by atoms with van der Waals surface area (Å²) in [6.07, 6.45) is 0. The molecule has 0 radical (unpaired) electrons. The summed E-state index contributed by atoms with van der Waals surface area (Å²) >= 11 is 19.1. The fraction of sp³-hybridized carbons (Fsp3) is 0.0909. The normalized spacial score (nSPS) is 17.8. The van der Waals surface area contributed by atoms with E-state index in [1.807, 2.05) is 70.5 Å². The quantitative estimate of drug-likeness (QED) is 0.454. The Morgan fingerprint density at radius 2 is 1.59 bits per heavy atom. The zero-order valence-corrected chi connectivity index (χ0v) is 17.4. The highest BCUT2D eigenvalue weighted by Gasteiger charge is 2.40. The Hall–Kier alpha value is -2.53. The molecule has 0 saturated carbocycles. The van der Waals surface area contributed by atoms with Crippen LogP contribution in [0.3, 0.4) is 0 Å². The molecule has 0 fully saturated rings. The fourth-order valence-electron chi connectivity index (χ4n) is 3.94. The molecule has 0 amide bonds. The van der Waals surface area contributed by atoms with Crippen LogP contribution in [0.15, 0.2) is 78.3 Å². The van der Waals surface area contributed by atoms with Crippen molar-refractivity contribution in [2.75, 3.05) is 21.8 Å². The van der Waals surface area contributed by atoms with E-state index in [0.29, 0.717) is 27.6 Å². The number of nitrogens with zero attached hydrogens (tertiary/aromatic N) is 2. The number of aliphatic hydroxyl groups is 1. The minimum atomic E-state index is -0.494. The Kier molecular flexibility index (Phi) is 4.50. The Balaban J connectivity index is 1.71. The predicted octanol–water partition coefficient (Wildman–Crippen LogP) is 6.82. The number of anilines is 3. The highest BCUT2D eigenvalue weighted by molar-refractivity contribution is 6.35. The summed E-state index contributed by atoms with van der Waals surface area (Å²) in [5, 5.41) is 16.3. The van der Waals surface area contributed by atoms with Crippen LogP contribution in [0.5, 0.6) is 0 Å². The Morgan fingerprint density at radius 3 is 2.34 bits per heavy atom. The second kappa shape index (κ2) is 7.06. The molecule has 0 aromatic heterocycles. The lowest BCUT2D eigenvalue weighted by Gasteiger charge is -2.42. The van der Waals surface area contributed by atoms with Gasteiger partial charge in [0.2, 0.25) is 0 Å². The molecule has 2 aliphatic rings. The van der Waals surface area contributed by atoms with E-state index in [0.717, 1.165) is 22.6 Å². The molecular weight excluding hydrogens is 429 g/mol. The topological polar surface area (TPSA) is 38.7 Å². The number of aliphatic hydroxyl groups excluding tert-OH is 1. The lowest BCUT2D eigenvalue weighted by atomic mass is 10.0. The van der Waals surface area contributed by atoms with E-state index in [1.165, 1.54) is 0 Å². The Labute approximate surface area is 183 Å². The number of halogens is 3. The zero-order valence-electron chi connectivity index (χ0n) is 15.1. The van der Waals surface area contributed by atoms with Crippen molar-refractivity contribution in [2.45, 2.75) is 6.04 Å². The average Bonchev–Trinajstić information content (AvgIpc) is 3.07. The summed E-state index contributed by atoms with van der Waals surface area (Å²) < 4.78 is 0. The van der Waals surface area contributed by atoms with Crippen LogP contribution in [0, 0.1) is 0 Å². The number of rotatable bonds is 2. The first-order valence-corrected chi connectivity index (χ1v) is 10.2. The van der Waals surface area contributed by atoms with Crippen LogP contribution in [0.2, 0.25) is 15.1 Å². The second-order valence-electron chi connectivity index (χ2n) is 6.97. The van der Waals surface area contributed by atoms with Gasteiger partial charge in [0.05, 0.1) is 18.0 Å². The number of para-hydroxylation sites is 2. The van der Waals surface area contributed by atoms with Gasteiger partial charge in [-0.25, -0.2) is 0 Å². The van der Waals surface area contributed by atoms with Crippen LogP contribution in [0.4, 0.5) is 17.1 Å². The largest absolute Gasteiger partial charge is 0.506 e. The van der Waals surface area contributed by atoms with E-state index in [1.54, 1.807) is 6.07 Å². The number of fused-ring (bicyclic) bond motifs is 3. The molecule has 0 unspecified atom stereocenters. The molecule has 0 aliphatic carbocycles. The molecule has 3 aromatic rings. The molecule has 1 atom stereocenters. The molecule has 3 aromatic carbocycles. The minimum absolute atomic E-state index is 0.177. The van der Waals surface area contributed by atoms with Gasteiger partial charge in [0.25, 0.3) is 0 Å². The summed E-state index contributed by atoms with van der Waals surface area (Å²) in [4.78, 5) is 4.08. The van der Waals surface area contributed by atoms with Gasteiger partial charge in [-0.05, 0) is 36.4 Å². The van der Waals surface area contributed by atoms with Gasteiger partial charge in [-0.15, -0.1) is 0 Å². The second-order valence-corrected chi connectivity index (χ2v) is 8.25. The van der Waals surface area contributed by atoms with Crippen LogP contribution in [0.25, 0.3) is 0 Å². The molecule has 7 heteroatoms. The van der Waals surface area contributed by atoms with E-state index >= 15 is 0 Å². The maximum absolute atomic E-state index is 11.4. The van der Waals surface area contributed by atoms with Gasteiger partial charge >= 0.3 is 0 Å². The van der Waals surface area contributed by atoms with Gasteiger partial charge in [0.1, 0.15) is 6.04 Å². The molecule has 0 spiro atoms. The molecule has 2 N–H and O–H groups in total. The third-order valence-corrected chi connectivity index (χ3v) is 5.98. The number of benzene rings is 3. The van der Waals surface area contributed by atoms with Crippen molar-refractivity contribution in [3.63, 3.8) is 0 Å². The summed E-state index contributed by atoms with van der Waals surface area (Å²) in [5.74, 6) is 0.831. The standard InChI is InChI=1S/C22H16Cl3N3O/c23-13-9-14(24)11-15(10-13)27-12-28-19-8-4-3-7-18(19)26-22(28)21(29)20(27)16-5-1-2-6-17(16)25/h1-11,20,26,29H,12H2/t20-/m1/s1. The first kappa shape index (κ1) is 18.5. The fourth-order valence-corrected chi connectivity index (χ4v) is 4.69. The Morgan fingerprint density at radius 1 is 0.897 bits per heavy atom. The predicted molar refractivity (Wildman–Crippen MR) is 120 cm³/mol. The maximum Gasteiger partial charge on any atom is 0.160 e. The van der Waals surface area contributed by atoms with Crippen molar-refractivity contribution in [3.8, 4) is 0 Å². The number of nitrogens with one attached hydrogen (secondary N) is 1.